The first-order valence-electron chi connectivity index (χ1n) is 7.38. The van der Waals surface area contributed by atoms with E-state index < -0.39 is 0 Å². The van der Waals surface area contributed by atoms with Crippen molar-refractivity contribution in [3.05, 3.63) is 67.0 Å². The lowest BCUT2D eigenvalue weighted by atomic mass is 10.1. The highest BCUT2D eigenvalue weighted by Gasteiger charge is 2.10. The van der Waals surface area contributed by atoms with Crippen molar-refractivity contribution in [2.24, 2.45) is 0 Å². The van der Waals surface area contributed by atoms with E-state index in [9.17, 15) is 0 Å². The average Bonchev–Trinajstić information content (AvgIpc) is 2.99. The van der Waals surface area contributed by atoms with Gasteiger partial charge in [-0.25, -0.2) is 4.98 Å². The summed E-state index contributed by atoms with van der Waals surface area (Å²) in [5.74, 6) is 0. The van der Waals surface area contributed by atoms with E-state index in [1.165, 1.54) is 4.70 Å². The summed E-state index contributed by atoms with van der Waals surface area (Å²) in [6, 6.07) is 18.5. The Morgan fingerprint density at radius 2 is 1.57 bits per heavy atom. The summed E-state index contributed by atoms with van der Waals surface area (Å²) in [4.78, 5) is 14.9. The van der Waals surface area contributed by atoms with E-state index in [-0.39, 0.29) is 0 Å². The number of hydrogen-bond acceptors (Lipinski definition) is 4. The lowest BCUT2D eigenvalue weighted by molar-refractivity contribution is 1.38. The molecule has 0 N–H and O–H groups in total. The predicted octanol–water partition coefficient (Wildman–Crippen LogP) is 5.06. The molecule has 0 saturated heterocycles. The zero-order valence-electron chi connectivity index (χ0n) is 12.1. The molecule has 0 radical (unpaired) electrons. The summed E-state index contributed by atoms with van der Waals surface area (Å²) in [5, 5.41) is 2.24. The summed E-state index contributed by atoms with van der Waals surface area (Å²) in [6.07, 6.45) is 3.66. The fraction of sp³-hybridized carbons (Fsp3) is 0. The zero-order chi connectivity index (χ0) is 15.2. The Bertz CT molecular complexity index is 1170. The lowest BCUT2D eigenvalue weighted by Gasteiger charge is -2.05. The van der Waals surface area contributed by atoms with Gasteiger partial charge >= 0.3 is 0 Å². The molecule has 108 valence electrons. The fourth-order valence-corrected chi connectivity index (χ4v) is 3.97. The van der Waals surface area contributed by atoms with Gasteiger partial charge in [0.1, 0.15) is 4.83 Å². The van der Waals surface area contributed by atoms with Gasteiger partial charge in [-0.2, -0.15) is 0 Å². The first-order valence-corrected chi connectivity index (χ1v) is 8.20. The highest BCUT2D eigenvalue weighted by atomic mass is 32.1. The van der Waals surface area contributed by atoms with Crippen LogP contribution in [0.25, 0.3) is 42.6 Å². The summed E-state index contributed by atoms with van der Waals surface area (Å²) in [5.41, 5.74) is 4.03. The van der Waals surface area contributed by atoms with Crippen LogP contribution < -0.4 is 0 Å². The van der Waals surface area contributed by atoms with Crippen molar-refractivity contribution < 1.29 is 0 Å². The van der Waals surface area contributed by atoms with E-state index in [0.29, 0.717) is 0 Å². The van der Waals surface area contributed by atoms with E-state index in [4.69, 9.17) is 4.98 Å². The molecule has 0 fully saturated rings. The molecule has 4 heterocycles. The Hall–Kier alpha value is -2.85. The SMILES string of the molecule is c1cnc2c(-c3ccc4c(n3)sc3cccnc34)cccc2c1. The van der Waals surface area contributed by atoms with Gasteiger partial charge in [0.05, 0.1) is 21.4 Å². The quantitative estimate of drug-likeness (QED) is 0.434. The number of nitrogens with zero attached hydrogens (tertiary/aromatic N) is 3. The molecular formula is C19H11N3S. The van der Waals surface area contributed by atoms with Gasteiger partial charge in [0.15, 0.2) is 0 Å². The number of thiophene rings is 1. The Morgan fingerprint density at radius 1 is 0.739 bits per heavy atom. The second kappa shape index (κ2) is 4.83. The fourth-order valence-electron chi connectivity index (χ4n) is 2.94. The van der Waals surface area contributed by atoms with Gasteiger partial charge in [0.25, 0.3) is 0 Å². The standard InChI is InChI=1S/C19H11N3S/c1-4-12-5-2-10-20-17(12)13(6-1)15-9-8-14-18-16(7-3-11-21-18)23-19(14)22-15/h1-11H. The Morgan fingerprint density at radius 3 is 2.52 bits per heavy atom. The van der Waals surface area contributed by atoms with Gasteiger partial charge in [-0.3, -0.25) is 9.97 Å². The Balaban J connectivity index is 1.81. The maximum atomic E-state index is 4.87. The van der Waals surface area contributed by atoms with Crippen LogP contribution in [0, 0.1) is 0 Å². The Kier molecular flexibility index (Phi) is 2.66. The molecule has 0 aliphatic heterocycles. The largest absolute Gasteiger partial charge is 0.256 e. The van der Waals surface area contributed by atoms with Gasteiger partial charge in [-0.05, 0) is 30.3 Å². The summed E-state index contributed by atoms with van der Waals surface area (Å²) in [7, 11) is 0. The maximum absolute atomic E-state index is 4.87. The van der Waals surface area contributed by atoms with Crippen LogP contribution in [0.15, 0.2) is 67.0 Å². The zero-order valence-corrected chi connectivity index (χ0v) is 12.9. The minimum absolute atomic E-state index is 0.952. The first kappa shape index (κ1) is 12.7. The van der Waals surface area contributed by atoms with Crippen molar-refractivity contribution >= 4 is 42.7 Å². The van der Waals surface area contributed by atoms with Crippen LogP contribution in [-0.4, -0.2) is 15.0 Å². The number of fused-ring (bicyclic) bond motifs is 4. The molecular weight excluding hydrogens is 302 g/mol. The summed E-state index contributed by atoms with van der Waals surface area (Å²) < 4.78 is 1.17. The van der Waals surface area contributed by atoms with E-state index in [2.05, 4.69) is 52.4 Å². The van der Waals surface area contributed by atoms with Crippen molar-refractivity contribution in [3.8, 4) is 11.3 Å². The van der Waals surface area contributed by atoms with Gasteiger partial charge in [0.2, 0.25) is 0 Å². The third-order valence-electron chi connectivity index (χ3n) is 4.00. The normalized spacial score (nSPS) is 11.5. The van der Waals surface area contributed by atoms with E-state index in [1.807, 2.05) is 24.5 Å². The van der Waals surface area contributed by atoms with Gasteiger partial charge < -0.3 is 0 Å². The van der Waals surface area contributed by atoms with Crippen LogP contribution in [0.2, 0.25) is 0 Å². The van der Waals surface area contributed by atoms with Crippen molar-refractivity contribution in [2.75, 3.05) is 0 Å². The molecule has 5 aromatic rings. The Labute approximate surface area is 136 Å². The van der Waals surface area contributed by atoms with Crippen LogP contribution in [0.3, 0.4) is 0 Å². The van der Waals surface area contributed by atoms with Crippen LogP contribution in [0.1, 0.15) is 0 Å². The van der Waals surface area contributed by atoms with Gasteiger partial charge in [0, 0.05) is 28.7 Å². The minimum Gasteiger partial charge on any atom is -0.256 e. The average molecular weight is 313 g/mol. The molecule has 0 unspecified atom stereocenters. The number of benzene rings is 1. The number of para-hydroxylation sites is 1. The summed E-state index contributed by atoms with van der Waals surface area (Å²) in [6.45, 7) is 0. The molecule has 0 bridgehead atoms. The molecule has 4 aromatic heterocycles. The second-order valence-corrected chi connectivity index (χ2v) is 6.41. The van der Waals surface area contributed by atoms with Crippen LogP contribution in [-0.2, 0) is 0 Å². The highest BCUT2D eigenvalue weighted by molar-refractivity contribution is 7.25. The topological polar surface area (TPSA) is 38.7 Å². The molecule has 0 spiro atoms. The predicted molar refractivity (Wildman–Crippen MR) is 95.7 cm³/mol. The molecule has 5 rings (SSSR count). The molecule has 23 heavy (non-hydrogen) atoms. The van der Waals surface area contributed by atoms with Crippen molar-refractivity contribution in [2.45, 2.75) is 0 Å². The van der Waals surface area contributed by atoms with E-state index >= 15 is 0 Å². The van der Waals surface area contributed by atoms with Gasteiger partial charge in [-0.1, -0.05) is 24.3 Å². The monoisotopic (exact) mass is 313 g/mol. The smallest absolute Gasteiger partial charge is 0.126 e. The number of pyridine rings is 3. The second-order valence-electron chi connectivity index (χ2n) is 5.38. The molecule has 4 heteroatoms. The molecule has 1 aromatic carbocycles. The molecule has 0 saturated carbocycles. The van der Waals surface area contributed by atoms with Crippen LogP contribution in [0.4, 0.5) is 0 Å². The molecule has 3 nitrogen and oxygen atoms in total. The van der Waals surface area contributed by atoms with Crippen molar-refractivity contribution in [3.63, 3.8) is 0 Å². The number of hydrogen-bond donors (Lipinski definition) is 0. The van der Waals surface area contributed by atoms with Crippen molar-refractivity contribution in [1.29, 1.82) is 0 Å². The van der Waals surface area contributed by atoms with E-state index in [1.54, 1.807) is 11.3 Å². The van der Waals surface area contributed by atoms with Gasteiger partial charge in [-0.15, -0.1) is 11.3 Å². The first-order chi connectivity index (χ1) is 11.4. The third kappa shape index (κ3) is 1.92. The number of rotatable bonds is 1. The lowest BCUT2D eigenvalue weighted by Crippen LogP contribution is -1.87. The number of aromatic nitrogens is 3. The summed E-state index contributed by atoms with van der Waals surface area (Å²) >= 11 is 1.68. The molecule has 0 aliphatic carbocycles. The highest BCUT2D eigenvalue weighted by Crippen LogP contribution is 2.34. The molecule has 0 amide bonds. The minimum atomic E-state index is 0.952. The van der Waals surface area contributed by atoms with Crippen molar-refractivity contribution in [1.82, 2.24) is 15.0 Å². The third-order valence-corrected chi connectivity index (χ3v) is 5.06. The van der Waals surface area contributed by atoms with Crippen LogP contribution >= 0.6 is 11.3 Å². The molecule has 0 aliphatic rings. The van der Waals surface area contributed by atoms with E-state index in [0.717, 1.165) is 37.9 Å². The molecule has 0 atom stereocenters. The van der Waals surface area contributed by atoms with Crippen LogP contribution in [0.5, 0.6) is 0 Å². The maximum Gasteiger partial charge on any atom is 0.126 e.